The molecule has 1 heterocycles. The molecule has 0 atom stereocenters. The molecule has 0 aromatic rings. The van der Waals surface area contributed by atoms with Crippen LogP contribution in [0.4, 0.5) is 0 Å². The molecule has 1 N–H and O–H groups in total. The summed E-state index contributed by atoms with van der Waals surface area (Å²) in [5.41, 5.74) is 0. The molecule has 0 unspecified atom stereocenters. The van der Waals surface area contributed by atoms with E-state index in [1.54, 1.807) is 25.1 Å². The molecule has 0 spiro atoms. The van der Waals surface area contributed by atoms with Crippen LogP contribution in [0.15, 0.2) is 17.6 Å². The monoisotopic (exact) mass is 426 g/mol. The number of hydrogen-bond donors (Lipinski definition) is 1. The summed E-state index contributed by atoms with van der Waals surface area (Å²) in [5, 5.41) is 3.25. The van der Waals surface area contributed by atoms with E-state index in [9.17, 15) is 4.79 Å². The predicted octanol–water partition coefficient (Wildman–Crippen LogP) is 1.65. The largest absolute Gasteiger partial charge is 0.353 e. The molecule has 21 heavy (non-hydrogen) atoms. The molecule has 1 amide bonds. The first kappa shape index (κ1) is 20.6. The van der Waals surface area contributed by atoms with Crippen molar-refractivity contribution < 1.29 is 4.79 Å². The predicted molar refractivity (Wildman–Crippen MR) is 103 cm³/mol. The van der Waals surface area contributed by atoms with Gasteiger partial charge in [0.05, 0.1) is 0 Å². The fourth-order valence-corrected chi connectivity index (χ4v) is 3.02. The number of halogens is 1. The van der Waals surface area contributed by atoms with Gasteiger partial charge in [-0.25, -0.2) is 4.99 Å². The highest BCUT2D eigenvalue weighted by atomic mass is 127. The average Bonchev–Trinajstić information content (AvgIpc) is 2.37. The quantitative estimate of drug-likeness (QED) is 0.322. The Bertz CT molecular complexity index is 385. The van der Waals surface area contributed by atoms with Crippen LogP contribution in [0.25, 0.3) is 0 Å². The summed E-state index contributed by atoms with van der Waals surface area (Å²) in [6, 6.07) is 0. The molecule has 0 aliphatic carbocycles. The van der Waals surface area contributed by atoms with Gasteiger partial charge in [0.2, 0.25) is 5.91 Å². The minimum atomic E-state index is 0. The lowest BCUT2D eigenvalue weighted by Gasteiger charge is -2.39. The van der Waals surface area contributed by atoms with Gasteiger partial charge in [-0.15, -0.1) is 30.6 Å². The van der Waals surface area contributed by atoms with Crippen LogP contribution < -0.4 is 5.32 Å². The van der Waals surface area contributed by atoms with Gasteiger partial charge < -0.3 is 15.1 Å². The van der Waals surface area contributed by atoms with Gasteiger partial charge in [-0.1, -0.05) is 6.08 Å². The zero-order valence-electron chi connectivity index (χ0n) is 13.4. The molecule has 5 nitrogen and oxygen atoms in total. The van der Waals surface area contributed by atoms with Crippen molar-refractivity contribution in [3.05, 3.63) is 12.7 Å². The smallest absolute Gasteiger partial charge is 0.243 e. The van der Waals surface area contributed by atoms with E-state index in [4.69, 9.17) is 0 Å². The summed E-state index contributed by atoms with van der Waals surface area (Å²) in [5.74, 6) is 1.88. The number of amides is 1. The maximum atomic E-state index is 11.7. The summed E-state index contributed by atoms with van der Waals surface area (Å²) >= 11 is 1.97. The second-order valence-electron chi connectivity index (χ2n) is 5.63. The minimum absolute atomic E-state index is 0. The van der Waals surface area contributed by atoms with Crippen LogP contribution in [0.5, 0.6) is 0 Å². The number of hydrogen-bond acceptors (Lipinski definition) is 3. The van der Waals surface area contributed by atoms with E-state index in [0.717, 1.165) is 24.8 Å². The van der Waals surface area contributed by atoms with Crippen molar-refractivity contribution in [2.45, 2.75) is 18.6 Å². The molecule has 0 aromatic carbocycles. The Morgan fingerprint density at radius 2 is 2.19 bits per heavy atom. The van der Waals surface area contributed by atoms with Gasteiger partial charge in [0.25, 0.3) is 0 Å². The Labute approximate surface area is 149 Å². The molecule has 0 bridgehead atoms. The molecular formula is C14H27IN4OS. The third-order valence-electron chi connectivity index (χ3n) is 2.99. The summed E-state index contributed by atoms with van der Waals surface area (Å²) < 4.78 is 0.209. The van der Waals surface area contributed by atoms with Gasteiger partial charge >= 0.3 is 0 Å². The van der Waals surface area contributed by atoms with Crippen molar-refractivity contribution in [1.29, 1.82) is 0 Å². The van der Waals surface area contributed by atoms with Crippen LogP contribution in [0.2, 0.25) is 0 Å². The van der Waals surface area contributed by atoms with Crippen molar-refractivity contribution in [3.63, 3.8) is 0 Å². The van der Waals surface area contributed by atoms with Crippen LogP contribution in [0.3, 0.4) is 0 Å². The average molecular weight is 426 g/mol. The van der Waals surface area contributed by atoms with Gasteiger partial charge in [0.15, 0.2) is 5.96 Å². The topological polar surface area (TPSA) is 47.9 Å². The van der Waals surface area contributed by atoms with Crippen LogP contribution in [-0.2, 0) is 4.79 Å². The van der Waals surface area contributed by atoms with Crippen molar-refractivity contribution in [3.8, 4) is 0 Å². The molecule has 0 aromatic heterocycles. The minimum Gasteiger partial charge on any atom is -0.353 e. The lowest BCUT2D eigenvalue weighted by Crippen LogP contribution is -2.51. The number of thioether (sulfide) groups is 1. The zero-order chi connectivity index (χ0) is 15.2. The molecular weight excluding hydrogens is 399 g/mol. The van der Waals surface area contributed by atoms with Gasteiger partial charge in [0, 0.05) is 44.2 Å². The summed E-state index contributed by atoms with van der Waals surface area (Å²) in [4.78, 5) is 19.9. The number of rotatable bonds is 4. The maximum Gasteiger partial charge on any atom is 0.243 e. The highest BCUT2D eigenvalue weighted by Gasteiger charge is 2.28. The molecule has 1 saturated heterocycles. The van der Waals surface area contributed by atoms with E-state index < -0.39 is 0 Å². The number of likely N-dealkylation sites (N-methyl/N-ethyl adjacent to an activating group) is 1. The lowest BCUT2D eigenvalue weighted by atomic mass is 10.2. The number of carbonyl (C=O) groups is 1. The molecule has 1 rings (SSSR count). The van der Waals surface area contributed by atoms with E-state index in [-0.39, 0.29) is 41.2 Å². The Hall–Kier alpha value is -0.440. The fourth-order valence-electron chi connectivity index (χ4n) is 1.91. The van der Waals surface area contributed by atoms with E-state index in [1.165, 1.54) is 0 Å². The summed E-state index contributed by atoms with van der Waals surface area (Å²) in [6.45, 7) is 10.9. The van der Waals surface area contributed by atoms with Gasteiger partial charge in [0.1, 0.15) is 6.54 Å². The molecule has 0 saturated carbocycles. The van der Waals surface area contributed by atoms with Gasteiger partial charge in [-0.05, 0) is 13.8 Å². The third-order valence-corrected chi connectivity index (χ3v) is 4.29. The fraction of sp³-hybridized carbons (Fsp3) is 0.714. The van der Waals surface area contributed by atoms with E-state index in [1.807, 2.05) is 11.8 Å². The molecule has 122 valence electrons. The molecule has 0 radical (unpaired) electrons. The first-order chi connectivity index (χ1) is 9.35. The SMILES string of the molecule is C=CCNC(=NCC(=O)N(C)C)N1CCSC(C)(C)C1.I. The highest BCUT2D eigenvalue weighted by Crippen LogP contribution is 2.29. The second kappa shape index (κ2) is 9.55. The van der Waals surface area contributed by atoms with Crippen molar-refractivity contribution >= 4 is 47.6 Å². The Balaban J connectivity index is 0.00000400. The van der Waals surface area contributed by atoms with Gasteiger partial charge in [-0.3, -0.25) is 4.79 Å². The van der Waals surface area contributed by atoms with Crippen molar-refractivity contribution in [2.24, 2.45) is 4.99 Å². The van der Waals surface area contributed by atoms with Gasteiger partial charge in [-0.2, -0.15) is 11.8 Å². The number of carbonyl (C=O) groups excluding carboxylic acids is 1. The molecule has 1 aliphatic rings. The lowest BCUT2D eigenvalue weighted by molar-refractivity contribution is -0.127. The molecule has 1 aliphatic heterocycles. The van der Waals surface area contributed by atoms with Crippen molar-refractivity contribution in [2.75, 3.05) is 46.0 Å². The van der Waals surface area contributed by atoms with E-state index >= 15 is 0 Å². The van der Waals surface area contributed by atoms with Crippen LogP contribution in [0, 0.1) is 0 Å². The second-order valence-corrected chi connectivity index (χ2v) is 7.43. The number of nitrogens with zero attached hydrogens (tertiary/aromatic N) is 3. The number of guanidine groups is 1. The Morgan fingerprint density at radius 3 is 2.71 bits per heavy atom. The first-order valence-electron chi connectivity index (χ1n) is 6.84. The number of nitrogens with one attached hydrogen (secondary N) is 1. The van der Waals surface area contributed by atoms with Crippen LogP contribution in [-0.4, -0.2) is 72.4 Å². The van der Waals surface area contributed by atoms with E-state index in [2.05, 4.69) is 35.6 Å². The van der Waals surface area contributed by atoms with Crippen LogP contribution >= 0.6 is 35.7 Å². The summed E-state index contributed by atoms with van der Waals surface area (Å²) in [7, 11) is 3.49. The Kier molecular flexibility index (Phi) is 9.35. The standard InChI is InChI=1S/C14H26N4OS.HI/c1-6-7-15-13(16-10-12(19)17(4)5)18-8-9-20-14(2,3)11-18;/h6H,1,7-11H2,2-5H3,(H,15,16);1H. The maximum absolute atomic E-state index is 11.7. The third kappa shape index (κ3) is 7.39. The zero-order valence-corrected chi connectivity index (χ0v) is 16.5. The summed E-state index contributed by atoms with van der Waals surface area (Å²) in [6.07, 6.45) is 1.80. The molecule has 1 fully saturated rings. The number of aliphatic imine (C=N–C) groups is 1. The van der Waals surface area contributed by atoms with Crippen LogP contribution in [0.1, 0.15) is 13.8 Å². The highest BCUT2D eigenvalue weighted by molar-refractivity contribution is 14.0. The molecule has 7 heteroatoms. The van der Waals surface area contributed by atoms with Crippen molar-refractivity contribution in [1.82, 2.24) is 15.1 Å². The normalized spacial score (nSPS) is 17.7. The Morgan fingerprint density at radius 1 is 1.52 bits per heavy atom. The van der Waals surface area contributed by atoms with E-state index in [0.29, 0.717) is 6.54 Å². The first-order valence-corrected chi connectivity index (χ1v) is 7.82.